The molecule has 0 bridgehead atoms. The molecule has 3 heterocycles. The first-order chi connectivity index (χ1) is 13.8. The maximum atomic E-state index is 12.6. The maximum Gasteiger partial charge on any atom is 0.289 e. The number of nitrogens with zero attached hydrogens (tertiary/aromatic N) is 5. The third-order valence-electron chi connectivity index (χ3n) is 4.06. The summed E-state index contributed by atoms with van der Waals surface area (Å²) in [5.41, 5.74) is 1.17. The number of hydrogen-bond donors (Lipinski definition) is 1. The zero-order valence-electron chi connectivity index (χ0n) is 16.7. The lowest BCUT2D eigenvalue weighted by molar-refractivity contribution is -0.117. The normalized spacial score (nSPS) is 11.4. The average molecular weight is 419 g/mol. The molecule has 1 amide bonds. The molecule has 3 rings (SSSR count). The molecule has 0 radical (unpaired) electrons. The number of carbonyl (C=O) groups is 1. The zero-order chi connectivity index (χ0) is 21.1. The number of fused-ring (bicyclic) bond motifs is 1. The number of anilines is 1. The Balaban J connectivity index is 1.83. The molecule has 0 saturated heterocycles. The summed E-state index contributed by atoms with van der Waals surface area (Å²) >= 11 is 6.28. The molecule has 0 aliphatic heterocycles. The fourth-order valence-electron chi connectivity index (χ4n) is 2.65. The van der Waals surface area contributed by atoms with E-state index in [4.69, 9.17) is 16.3 Å². The van der Waals surface area contributed by atoms with Crippen molar-refractivity contribution in [2.75, 3.05) is 11.9 Å². The minimum atomic E-state index is -0.570. The number of carbonyl (C=O) groups excluding carboxylic acids is 1. The third kappa shape index (κ3) is 4.73. The highest BCUT2D eigenvalue weighted by Gasteiger charge is 2.21. The molecule has 0 aliphatic carbocycles. The largest absolute Gasteiger partial charge is 0.490 e. The van der Waals surface area contributed by atoms with E-state index in [9.17, 15) is 9.59 Å². The number of aromatic nitrogens is 5. The van der Waals surface area contributed by atoms with Crippen molar-refractivity contribution < 1.29 is 9.53 Å². The summed E-state index contributed by atoms with van der Waals surface area (Å²) in [5.74, 6) is 0.103. The van der Waals surface area contributed by atoms with Crippen molar-refractivity contribution >= 4 is 28.8 Å². The number of pyridine rings is 1. The Morgan fingerprint density at radius 2 is 2.03 bits per heavy atom. The van der Waals surface area contributed by atoms with Gasteiger partial charge in [-0.3, -0.25) is 14.0 Å². The highest BCUT2D eigenvalue weighted by molar-refractivity contribution is 6.31. The monoisotopic (exact) mass is 418 g/mol. The van der Waals surface area contributed by atoms with Crippen LogP contribution in [-0.4, -0.2) is 36.9 Å². The molecular formula is C19H23ClN6O3. The summed E-state index contributed by atoms with van der Waals surface area (Å²) in [6.07, 6.45) is 3.21. The van der Waals surface area contributed by atoms with Crippen LogP contribution in [0.4, 0.5) is 5.69 Å². The van der Waals surface area contributed by atoms with Gasteiger partial charge in [-0.05, 0) is 18.1 Å². The van der Waals surface area contributed by atoms with Gasteiger partial charge in [-0.15, -0.1) is 10.2 Å². The van der Waals surface area contributed by atoms with Gasteiger partial charge >= 0.3 is 0 Å². The minimum absolute atomic E-state index is 0.0410. The molecule has 0 spiro atoms. The van der Waals surface area contributed by atoms with Crippen molar-refractivity contribution in [2.45, 2.75) is 40.2 Å². The standard InChI is InChI=1S/C19H23ClN6O3/c1-11(2)9-29-18-16(20)19(28)26(24-17(18)12(3)4)8-15(27)22-13-5-6-14-23-21-10-25(14)7-13/h5-7,10-12H,8-9H2,1-4H3,(H,22,27). The van der Waals surface area contributed by atoms with Crippen LogP contribution in [0.1, 0.15) is 39.3 Å². The van der Waals surface area contributed by atoms with Gasteiger partial charge in [0.2, 0.25) is 5.91 Å². The van der Waals surface area contributed by atoms with E-state index in [-0.39, 0.29) is 29.2 Å². The van der Waals surface area contributed by atoms with Crippen LogP contribution in [0.15, 0.2) is 29.5 Å². The topological polar surface area (TPSA) is 103 Å². The van der Waals surface area contributed by atoms with E-state index in [1.54, 1.807) is 22.7 Å². The molecule has 0 unspecified atom stereocenters. The Labute approximate surface area is 172 Å². The highest BCUT2D eigenvalue weighted by Crippen LogP contribution is 2.29. The van der Waals surface area contributed by atoms with E-state index < -0.39 is 11.5 Å². The second kappa shape index (κ2) is 8.60. The number of nitrogens with one attached hydrogen (secondary N) is 1. The maximum absolute atomic E-state index is 12.6. The summed E-state index contributed by atoms with van der Waals surface area (Å²) in [5, 5.41) is 14.7. The van der Waals surface area contributed by atoms with Crippen molar-refractivity contribution in [2.24, 2.45) is 5.92 Å². The van der Waals surface area contributed by atoms with Crippen LogP contribution in [0.3, 0.4) is 0 Å². The van der Waals surface area contributed by atoms with Crippen molar-refractivity contribution in [3.8, 4) is 5.75 Å². The van der Waals surface area contributed by atoms with Gasteiger partial charge in [0.25, 0.3) is 5.56 Å². The molecular weight excluding hydrogens is 396 g/mol. The van der Waals surface area contributed by atoms with Gasteiger partial charge in [0.15, 0.2) is 16.4 Å². The first-order valence-corrected chi connectivity index (χ1v) is 9.66. The summed E-state index contributed by atoms with van der Waals surface area (Å²) in [4.78, 5) is 25.1. The Bertz CT molecular complexity index is 1090. The van der Waals surface area contributed by atoms with E-state index in [0.717, 1.165) is 4.68 Å². The van der Waals surface area contributed by atoms with Crippen LogP contribution in [0.25, 0.3) is 5.65 Å². The van der Waals surface area contributed by atoms with Crippen LogP contribution < -0.4 is 15.6 Å². The summed E-state index contributed by atoms with van der Waals surface area (Å²) in [7, 11) is 0. The van der Waals surface area contributed by atoms with E-state index >= 15 is 0 Å². The number of rotatable bonds is 7. The fourth-order valence-corrected chi connectivity index (χ4v) is 2.90. The van der Waals surface area contributed by atoms with Gasteiger partial charge in [0, 0.05) is 12.1 Å². The number of hydrogen-bond acceptors (Lipinski definition) is 6. The quantitative estimate of drug-likeness (QED) is 0.632. The van der Waals surface area contributed by atoms with Crippen molar-refractivity contribution in [3.05, 3.63) is 45.7 Å². The molecule has 0 fully saturated rings. The molecule has 0 aromatic carbocycles. The molecule has 1 N–H and O–H groups in total. The Morgan fingerprint density at radius 1 is 1.28 bits per heavy atom. The Hall–Kier alpha value is -2.94. The number of ether oxygens (including phenoxy) is 1. The lowest BCUT2D eigenvalue weighted by atomic mass is 10.1. The van der Waals surface area contributed by atoms with Crippen LogP contribution in [0.2, 0.25) is 5.02 Å². The Morgan fingerprint density at radius 3 is 2.72 bits per heavy atom. The van der Waals surface area contributed by atoms with Crippen LogP contribution in [-0.2, 0) is 11.3 Å². The first kappa shape index (κ1) is 20.8. The van der Waals surface area contributed by atoms with Gasteiger partial charge < -0.3 is 10.1 Å². The van der Waals surface area contributed by atoms with E-state index in [0.29, 0.717) is 23.6 Å². The molecule has 3 aromatic rings. The summed E-state index contributed by atoms with van der Waals surface area (Å²) < 4.78 is 8.47. The average Bonchev–Trinajstić information content (AvgIpc) is 3.12. The van der Waals surface area contributed by atoms with Gasteiger partial charge in [0.1, 0.15) is 18.6 Å². The van der Waals surface area contributed by atoms with Crippen molar-refractivity contribution in [1.82, 2.24) is 24.4 Å². The molecule has 10 heteroatoms. The van der Waals surface area contributed by atoms with E-state index in [1.165, 1.54) is 6.33 Å². The lowest BCUT2D eigenvalue weighted by Gasteiger charge is -2.17. The molecule has 0 atom stereocenters. The second-order valence-corrected chi connectivity index (χ2v) is 7.79. The van der Waals surface area contributed by atoms with Crippen LogP contribution in [0, 0.1) is 5.92 Å². The number of amides is 1. The van der Waals surface area contributed by atoms with Gasteiger partial charge in [-0.2, -0.15) is 5.10 Å². The van der Waals surface area contributed by atoms with Crippen LogP contribution >= 0.6 is 11.6 Å². The van der Waals surface area contributed by atoms with Crippen molar-refractivity contribution in [1.29, 1.82) is 0 Å². The molecule has 0 aliphatic rings. The Kier molecular flexibility index (Phi) is 6.17. The zero-order valence-corrected chi connectivity index (χ0v) is 17.5. The van der Waals surface area contributed by atoms with Gasteiger partial charge in [-0.1, -0.05) is 39.3 Å². The highest BCUT2D eigenvalue weighted by atomic mass is 35.5. The van der Waals surface area contributed by atoms with Gasteiger partial charge in [-0.25, -0.2) is 4.68 Å². The SMILES string of the molecule is CC(C)COc1c(C(C)C)nn(CC(=O)Nc2ccc3nncn3c2)c(=O)c1Cl. The molecule has 3 aromatic heterocycles. The molecule has 154 valence electrons. The van der Waals surface area contributed by atoms with Gasteiger partial charge in [0.05, 0.1) is 12.3 Å². The van der Waals surface area contributed by atoms with E-state index in [1.807, 2.05) is 27.7 Å². The van der Waals surface area contributed by atoms with Crippen molar-refractivity contribution in [3.63, 3.8) is 0 Å². The predicted molar refractivity (Wildman–Crippen MR) is 110 cm³/mol. The molecule has 29 heavy (non-hydrogen) atoms. The van der Waals surface area contributed by atoms with Crippen LogP contribution in [0.5, 0.6) is 5.75 Å². The third-order valence-corrected chi connectivity index (χ3v) is 4.39. The summed E-state index contributed by atoms with van der Waals surface area (Å²) in [6.45, 7) is 7.98. The molecule has 0 saturated carbocycles. The smallest absolute Gasteiger partial charge is 0.289 e. The number of halogens is 1. The van der Waals surface area contributed by atoms with E-state index in [2.05, 4.69) is 20.6 Å². The molecule has 9 nitrogen and oxygen atoms in total. The minimum Gasteiger partial charge on any atom is -0.490 e. The first-order valence-electron chi connectivity index (χ1n) is 9.28. The summed E-state index contributed by atoms with van der Waals surface area (Å²) in [6, 6.07) is 3.43. The fraction of sp³-hybridized carbons (Fsp3) is 0.421. The second-order valence-electron chi connectivity index (χ2n) is 7.41. The lowest BCUT2D eigenvalue weighted by Crippen LogP contribution is -2.31. The predicted octanol–water partition coefficient (Wildman–Crippen LogP) is 2.74.